The van der Waals surface area contributed by atoms with Crippen LogP contribution in [0.25, 0.3) is 11.2 Å². The molecule has 0 spiro atoms. The van der Waals surface area contributed by atoms with Crippen molar-refractivity contribution in [3.8, 4) is 6.07 Å². The Balaban J connectivity index is 2.46. The molecule has 0 amide bonds. The van der Waals surface area contributed by atoms with Gasteiger partial charge in [-0.15, -0.1) is 11.6 Å². The SMILES string of the molecule is N#CC(Cl)Cn1cnc2c(N)ncnc21. The van der Waals surface area contributed by atoms with Crippen LogP contribution in [0.5, 0.6) is 0 Å². The Morgan fingerprint density at radius 1 is 1.53 bits per heavy atom. The molecule has 0 aliphatic carbocycles. The standard InChI is InChI=1S/C8H7ClN6/c9-5(1-10)2-15-4-14-6-7(11)12-3-13-8(6)15/h3-5H,2H2,(H2,11,12,13). The lowest BCUT2D eigenvalue weighted by atomic mass is 10.4. The molecule has 2 N–H and O–H groups in total. The molecule has 2 rings (SSSR count). The van der Waals surface area contributed by atoms with Crippen molar-refractivity contribution >= 4 is 28.6 Å². The second-order valence-electron chi connectivity index (χ2n) is 2.92. The lowest BCUT2D eigenvalue weighted by molar-refractivity contribution is 0.734. The van der Waals surface area contributed by atoms with Gasteiger partial charge in [0.05, 0.1) is 18.9 Å². The zero-order valence-electron chi connectivity index (χ0n) is 7.63. The minimum Gasteiger partial charge on any atom is -0.382 e. The number of nitriles is 1. The zero-order valence-corrected chi connectivity index (χ0v) is 8.39. The summed E-state index contributed by atoms with van der Waals surface area (Å²) in [4.78, 5) is 11.9. The Hall–Kier alpha value is -1.87. The fourth-order valence-electron chi connectivity index (χ4n) is 1.25. The average Bonchev–Trinajstić information content (AvgIpc) is 2.63. The molecule has 0 saturated heterocycles. The van der Waals surface area contributed by atoms with E-state index in [9.17, 15) is 0 Å². The molecule has 0 bridgehead atoms. The van der Waals surface area contributed by atoms with Crippen LogP contribution in [0.3, 0.4) is 0 Å². The van der Waals surface area contributed by atoms with E-state index in [1.165, 1.54) is 6.33 Å². The molecule has 0 fully saturated rings. The Morgan fingerprint density at radius 2 is 2.33 bits per heavy atom. The normalized spacial score (nSPS) is 12.5. The van der Waals surface area contributed by atoms with Crippen LogP contribution in [0.15, 0.2) is 12.7 Å². The summed E-state index contributed by atoms with van der Waals surface area (Å²) in [6.07, 6.45) is 2.90. The van der Waals surface area contributed by atoms with Crippen LogP contribution < -0.4 is 5.73 Å². The number of alkyl halides is 1. The highest BCUT2D eigenvalue weighted by atomic mass is 35.5. The summed E-state index contributed by atoms with van der Waals surface area (Å²) in [5, 5.41) is 7.97. The lowest BCUT2D eigenvalue weighted by Gasteiger charge is -2.02. The fraction of sp³-hybridized carbons (Fsp3) is 0.250. The van der Waals surface area contributed by atoms with Gasteiger partial charge in [-0.3, -0.25) is 0 Å². The Kier molecular flexibility index (Phi) is 2.39. The predicted molar refractivity (Wildman–Crippen MR) is 55.0 cm³/mol. The topological polar surface area (TPSA) is 93.4 Å². The third-order valence-corrected chi connectivity index (χ3v) is 2.16. The molecule has 1 unspecified atom stereocenters. The van der Waals surface area contributed by atoms with E-state index in [-0.39, 0.29) is 0 Å². The molecule has 7 heteroatoms. The third-order valence-electron chi connectivity index (χ3n) is 1.93. The summed E-state index contributed by atoms with van der Waals surface area (Å²) in [6, 6.07) is 1.92. The molecule has 0 aliphatic rings. The fourth-order valence-corrected chi connectivity index (χ4v) is 1.39. The van der Waals surface area contributed by atoms with E-state index in [1.807, 2.05) is 6.07 Å². The van der Waals surface area contributed by atoms with Crippen LogP contribution in [0.4, 0.5) is 5.82 Å². The summed E-state index contributed by atoms with van der Waals surface area (Å²) in [7, 11) is 0. The maximum absolute atomic E-state index is 8.59. The van der Waals surface area contributed by atoms with Gasteiger partial charge in [-0.1, -0.05) is 0 Å². The van der Waals surface area contributed by atoms with Crippen molar-refractivity contribution in [1.82, 2.24) is 19.5 Å². The van der Waals surface area contributed by atoms with Gasteiger partial charge in [-0.05, 0) is 0 Å². The minimum atomic E-state index is -0.612. The highest BCUT2D eigenvalue weighted by molar-refractivity contribution is 6.22. The van der Waals surface area contributed by atoms with Crippen molar-refractivity contribution in [1.29, 1.82) is 5.26 Å². The number of nitrogens with zero attached hydrogens (tertiary/aromatic N) is 5. The average molecular weight is 223 g/mol. The van der Waals surface area contributed by atoms with Crippen LogP contribution in [0.1, 0.15) is 0 Å². The second-order valence-corrected chi connectivity index (χ2v) is 3.45. The third kappa shape index (κ3) is 1.69. The molecule has 2 heterocycles. The van der Waals surface area contributed by atoms with E-state index in [1.54, 1.807) is 10.9 Å². The molecular weight excluding hydrogens is 216 g/mol. The van der Waals surface area contributed by atoms with E-state index >= 15 is 0 Å². The highest BCUT2D eigenvalue weighted by Gasteiger charge is 2.10. The number of anilines is 1. The molecule has 6 nitrogen and oxygen atoms in total. The first-order valence-corrected chi connectivity index (χ1v) is 4.61. The van der Waals surface area contributed by atoms with Gasteiger partial charge < -0.3 is 10.3 Å². The number of fused-ring (bicyclic) bond motifs is 1. The molecule has 0 radical (unpaired) electrons. The van der Waals surface area contributed by atoms with E-state index in [0.717, 1.165) is 0 Å². The first-order chi connectivity index (χ1) is 7.22. The number of hydrogen-bond donors (Lipinski definition) is 1. The van der Waals surface area contributed by atoms with E-state index in [0.29, 0.717) is 23.5 Å². The van der Waals surface area contributed by atoms with Gasteiger partial charge in [-0.25, -0.2) is 15.0 Å². The summed E-state index contributed by atoms with van der Waals surface area (Å²) in [6.45, 7) is 0.324. The van der Waals surface area contributed by atoms with E-state index in [4.69, 9.17) is 22.6 Å². The van der Waals surface area contributed by atoms with Crippen LogP contribution >= 0.6 is 11.6 Å². The largest absolute Gasteiger partial charge is 0.382 e. The summed E-state index contributed by atoms with van der Waals surface area (Å²) in [5.41, 5.74) is 6.72. The van der Waals surface area contributed by atoms with Gasteiger partial charge in [0, 0.05) is 0 Å². The van der Waals surface area contributed by atoms with Crippen molar-refractivity contribution in [3.63, 3.8) is 0 Å². The molecule has 76 valence electrons. The van der Waals surface area contributed by atoms with Gasteiger partial charge in [-0.2, -0.15) is 5.26 Å². The Bertz CT molecular complexity index is 527. The number of imidazole rings is 1. The molecule has 2 aromatic rings. The maximum atomic E-state index is 8.59. The Morgan fingerprint density at radius 3 is 3.07 bits per heavy atom. The smallest absolute Gasteiger partial charge is 0.165 e. The molecule has 0 saturated carbocycles. The number of nitrogen functional groups attached to an aromatic ring is 1. The first-order valence-electron chi connectivity index (χ1n) is 4.17. The van der Waals surface area contributed by atoms with Gasteiger partial charge >= 0.3 is 0 Å². The summed E-state index contributed by atoms with van der Waals surface area (Å²) >= 11 is 5.71. The monoisotopic (exact) mass is 222 g/mol. The van der Waals surface area contributed by atoms with E-state index in [2.05, 4.69) is 15.0 Å². The van der Waals surface area contributed by atoms with Gasteiger partial charge in [0.1, 0.15) is 17.2 Å². The van der Waals surface area contributed by atoms with Gasteiger partial charge in [0.25, 0.3) is 0 Å². The Labute approximate surface area is 90.3 Å². The summed E-state index contributed by atoms with van der Waals surface area (Å²) in [5.74, 6) is 0.321. The van der Waals surface area contributed by atoms with Crippen LogP contribution in [0, 0.1) is 11.3 Å². The quantitative estimate of drug-likeness (QED) is 0.749. The zero-order chi connectivity index (χ0) is 10.8. The predicted octanol–water partition coefficient (Wildman–Crippen LogP) is 0.539. The number of hydrogen-bond acceptors (Lipinski definition) is 5. The minimum absolute atomic E-state index is 0.321. The highest BCUT2D eigenvalue weighted by Crippen LogP contribution is 2.15. The van der Waals surface area contributed by atoms with Crippen LogP contribution in [-0.2, 0) is 6.54 Å². The number of rotatable bonds is 2. The molecule has 0 aromatic carbocycles. The van der Waals surface area contributed by atoms with Crippen molar-refractivity contribution in [2.24, 2.45) is 0 Å². The molecule has 2 aromatic heterocycles. The van der Waals surface area contributed by atoms with Crippen molar-refractivity contribution in [3.05, 3.63) is 12.7 Å². The van der Waals surface area contributed by atoms with Crippen molar-refractivity contribution in [2.45, 2.75) is 11.9 Å². The summed E-state index contributed by atoms with van der Waals surface area (Å²) < 4.78 is 1.67. The van der Waals surface area contributed by atoms with E-state index < -0.39 is 5.38 Å². The maximum Gasteiger partial charge on any atom is 0.165 e. The number of halogens is 1. The molecule has 0 aliphatic heterocycles. The lowest BCUT2D eigenvalue weighted by Crippen LogP contribution is -2.08. The molecule has 1 atom stereocenters. The molecule has 15 heavy (non-hydrogen) atoms. The first kappa shape index (κ1) is 9.68. The van der Waals surface area contributed by atoms with Crippen LogP contribution in [-0.4, -0.2) is 24.9 Å². The van der Waals surface area contributed by atoms with Gasteiger partial charge in [0.2, 0.25) is 0 Å². The number of nitrogens with two attached hydrogens (primary N) is 1. The van der Waals surface area contributed by atoms with Crippen molar-refractivity contribution in [2.75, 3.05) is 5.73 Å². The molecular formula is C8H7ClN6. The van der Waals surface area contributed by atoms with Gasteiger partial charge in [0.15, 0.2) is 11.5 Å². The second kappa shape index (κ2) is 3.71. The van der Waals surface area contributed by atoms with Crippen molar-refractivity contribution < 1.29 is 0 Å². The van der Waals surface area contributed by atoms with Crippen LogP contribution in [0.2, 0.25) is 0 Å². The number of aromatic nitrogens is 4.